The molecule has 0 radical (unpaired) electrons. The van der Waals surface area contributed by atoms with Crippen molar-refractivity contribution in [2.24, 2.45) is 5.73 Å². The molecule has 0 saturated carbocycles. The van der Waals surface area contributed by atoms with Crippen LogP contribution in [0.15, 0.2) is 18.2 Å². The van der Waals surface area contributed by atoms with Crippen LogP contribution in [0.1, 0.15) is 29.7 Å². The summed E-state index contributed by atoms with van der Waals surface area (Å²) in [6, 6.07) is 7.77. The molecule has 1 aromatic rings. The number of nitrogens with two attached hydrogens (primary N) is 1. The highest BCUT2D eigenvalue weighted by Gasteiger charge is 2.28. The van der Waals surface area contributed by atoms with E-state index in [1.807, 2.05) is 0 Å². The fraction of sp³-hybridized carbons (Fsp3) is 0.625. The van der Waals surface area contributed by atoms with Gasteiger partial charge in [0.05, 0.1) is 0 Å². The summed E-state index contributed by atoms with van der Waals surface area (Å²) in [6.07, 6.45) is 0. The van der Waals surface area contributed by atoms with Crippen molar-refractivity contribution in [1.29, 1.82) is 0 Å². The fourth-order valence-electron chi connectivity index (χ4n) is 3.19. The molecule has 1 saturated heterocycles. The van der Waals surface area contributed by atoms with Gasteiger partial charge in [-0.3, -0.25) is 4.90 Å². The molecule has 3 heteroatoms. The van der Waals surface area contributed by atoms with E-state index in [9.17, 15) is 0 Å². The average Bonchev–Trinajstić information content (AvgIpc) is 2.36. The lowest BCUT2D eigenvalue weighted by Gasteiger charge is -2.43. The Kier molecular flexibility index (Phi) is 4.61. The van der Waals surface area contributed by atoms with Gasteiger partial charge in [-0.1, -0.05) is 29.3 Å². The van der Waals surface area contributed by atoms with Crippen LogP contribution in [0.3, 0.4) is 0 Å². The van der Waals surface area contributed by atoms with Gasteiger partial charge in [-0.05, 0) is 33.4 Å². The molecule has 2 N–H and O–H groups in total. The van der Waals surface area contributed by atoms with Crippen molar-refractivity contribution in [2.45, 2.75) is 32.9 Å². The molecule has 0 bridgehead atoms. The van der Waals surface area contributed by atoms with Crippen molar-refractivity contribution >= 4 is 0 Å². The standard InChI is InChI=1S/C16H27N3/c1-12-7-13(2)9-15(8-12)14(3)19-6-5-18(4)11-16(19)10-17/h7-9,14,16H,5-6,10-11,17H2,1-4H3. The zero-order chi connectivity index (χ0) is 14.0. The van der Waals surface area contributed by atoms with Crippen LogP contribution in [0.4, 0.5) is 0 Å². The Balaban J connectivity index is 2.19. The Morgan fingerprint density at radius 2 is 1.84 bits per heavy atom. The largest absolute Gasteiger partial charge is 0.329 e. The Morgan fingerprint density at radius 1 is 1.21 bits per heavy atom. The molecule has 1 fully saturated rings. The van der Waals surface area contributed by atoms with Crippen LogP contribution in [0.5, 0.6) is 0 Å². The third-order valence-corrected chi connectivity index (χ3v) is 4.23. The van der Waals surface area contributed by atoms with Gasteiger partial charge in [-0.25, -0.2) is 0 Å². The number of nitrogens with zero attached hydrogens (tertiary/aromatic N) is 2. The molecule has 19 heavy (non-hydrogen) atoms. The second-order valence-corrected chi connectivity index (χ2v) is 5.99. The third kappa shape index (κ3) is 3.35. The number of hydrogen-bond donors (Lipinski definition) is 1. The summed E-state index contributed by atoms with van der Waals surface area (Å²) in [5, 5.41) is 0. The first kappa shape index (κ1) is 14.5. The summed E-state index contributed by atoms with van der Waals surface area (Å²) in [5.41, 5.74) is 10.1. The van der Waals surface area contributed by atoms with Crippen LogP contribution in [0.25, 0.3) is 0 Å². The van der Waals surface area contributed by atoms with Gasteiger partial charge in [0, 0.05) is 38.3 Å². The first-order valence-corrected chi connectivity index (χ1v) is 7.24. The molecule has 1 aromatic carbocycles. The van der Waals surface area contributed by atoms with E-state index in [1.54, 1.807) is 0 Å². The zero-order valence-corrected chi connectivity index (χ0v) is 12.7. The summed E-state index contributed by atoms with van der Waals surface area (Å²) >= 11 is 0. The molecule has 0 amide bonds. The first-order valence-electron chi connectivity index (χ1n) is 7.24. The third-order valence-electron chi connectivity index (χ3n) is 4.23. The highest BCUT2D eigenvalue weighted by atomic mass is 15.3. The van der Waals surface area contributed by atoms with Crippen molar-refractivity contribution in [3.63, 3.8) is 0 Å². The lowest BCUT2D eigenvalue weighted by atomic mass is 9.99. The highest BCUT2D eigenvalue weighted by molar-refractivity contribution is 5.30. The van der Waals surface area contributed by atoms with Crippen LogP contribution >= 0.6 is 0 Å². The van der Waals surface area contributed by atoms with Crippen molar-refractivity contribution in [3.8, 4) is 0 Å². The van der Waals surface area contributed by atoms with Crippen molar-refractivity contribution < 1.29 is 0 Å². The number of rotatable bonds is 3. The van der Waals surface area contributed by atoms with E-state index in [0.29, 0.717) is 12.1 Å². The van der Waals surface area contributed by atoms with Gasteiger partial charge in [0.1, 0.15) is 0 Å². The highest BCUT2D eigenvalue weighted by Crippen LogP contribution is 2.26. The first-order chi connectivity index (χ1) is 9.01. The predicted molar refractivity (Wildman–Crippen MR) is 81.4 cm³/mol. The maximum Gasteiger partial charge on any atom is 0.0352 e. The summed E-state index contributed by atoms with van der Waals surface area (Å²) in [5.74, 6) is 0. The number of benzene rings is 1. The average molecular weight is 261 g/mol. The SMILES string of the molecule is Cc1cc(C)cc(C(C)N2CCN(C)CC2CN)c1. The Hall–Kier alpha value is -0.900. The fourth-order valence-corrected chi connectivity index (χ4v) is 3.19. The molecular formula is C16H27N3. The molecular weight excluding hydrogens is 234 g/mol. The maximum absolute atomic E-state index is 5.96. The lowest BCUT2D eigenvalue weighted by Crippen LogP contribution is -2.55. The topological polar surface area (TPSA) is 32.5 Å². The van der Waals surface area contributed by atoms with E-state index < -0.39 is 0 Å². The van der Waals surface area contributed by atoms with Crippen LogP contribution in [-0.4, -0.2) is 49.1 Å². The second-order valence-electron chi connectivity index (χ2n) is 5.99. The van der Waals surface area contributed by atoms with Crippen LogP contribution in [0.2, 0.25) is 0 Å². The maximum atomic E-state index is 5.96. The smallest absolute Gasteiger partial charge is 0.0352 e. The molecule has 2 atom stereocenters. The summed E-state index contributed by atoms with van der Waals surface area (Å²) in [7, 11) is 2.18. The van der Waals surface area contributed by atoms with Crippen molar-refractivity contribution in [3.05, 3.63) is 34.9 Å². The quantitative estimate of drug-likeness (QED) is 0.902. The molecule has 0 aromatic heterocycles. The molecule has 3 nitrogen and oxygen atoms in total. The minimum absolute atomic E-state index is 0.445. The van der Waals surface area contributed by atoms with Crippen molar-refractivity contribution in [2.75, 3.05) is 33.2 Å². The van der Waals surface area contributed by atoms with E-state index in [1.165, 1.54) is 16.7 Å². The molecule has 1 aliphatic rings. The molecule has 2 unspecified atom stereocenters. The van der Waals surface area contributed by atoms with E-state index in [-0.39, 0.29) is 0 Å². The lowest BCUT2D eigenvalue weighted by molar-refractivity contribution is 0.0621. The predicted octanol–water partition coefficient (Wildman–Crippen LogP) is 1.94. The van der Waals surface area contributed by atoms with E-state index in [4.69, 9.17) is 5.73 Å². The van der Waals surface area contributed by atoms with Crippen LogP contribution in [0, 0.1) is 13.8 Å². The number of hydrogen-bond acceptors (Lipinski definition) is 3. The number of likely N-dealkylation sites (N-methyl/N-ethyl adjacent to an activating group) is 1. The number of aryl methyl sites for hydroxylation is 2. The normalized spacial score (nSPS) is 23.5. The second kappa shape index (κ2) is 6.04. The minimum Gasteiger partial charge on any atom is -0.329 e. The van der Waals surface area contributed by atoms with E-state index >= 15 is 0 Å². The van der Waals surface area contributed by atoms with Gasteiger partial charge in [-0.2, -0.15) is 0 Å². The van der Waals surface area contributed by atoms with Crippen LogP contribution < -0.4 is 5.73 Å². The molecule has 2 rings (SSSR count). The monoisotopic (exact) mass is 261 g/mol. The minimum atomic E-state index is 0.445. The van der Waals surface area contributed by atoms with E-state index in [0.717, 1.165) is 26.2 Å². The summed E-state index contributed by atoms with van der Waals surface area (Å²) in [4.78, 5) is 4.94. The van der Waals surface area contributed by atoms with Crippen molar-refractivity contribution in [1.82, 2.24) is 9.80 Å². The summed E-state index contributed by atoms with van der Waals surface area (Å²) in [6.45, 7) is 10.7. The van der Waals surface area contributed by atoms with Gasteiger partial charge in [0.2, 0.25) is 0 Å². The van der Waals surface area contributed by atoms with Gasteiger partial charge in [0.25, 0.3) is 0 Å². The van der Waals surface area contributed by atoms with Gasteiger partial charge < -0.3 is 10.6 Å². The Morgan fingerprint density at radius 3 is 2.42 bits per heavy atom. The number of piperazine rings is 1. The molecule has 1 heterocycles. The Labute approximate surface area is 117 Å². The van der Waals surface area contributed by atoms with Crippen LogP contribution in [-0.2, 0) is 0 Å². The molecule has 1 aliphatic heterocycles. The van der Waals surface area contributed by atoms with Gasteiger partial charge in [0.15, 0.2) is 0 Å². The zero-order valence-electron chi connectivity index (χ0n) is 12.7. The Bertz CT molecular complexity index is 410. The van der Waals surface area contributed by atoms with Gasteiger partial charge in [-0.15, -0.1) is 0 Å². The molecule has 0 spiro atoms. The van der Waals surface area contributed by atoms with E-state index in [2.05, 4.69) is 55.8 Å². The molecule has 106 valence electrons. The molecule has 0 aliphatic carbocycles. The van der Waals surface area contributed by atoms with Gasteiger partial charge >= 0.3 is 0 Å². The summed E-state index contributed by atoms with van der Waals surface area (Å²) < 4.78 is 0.